The number of benzene rings is 3. The molecule has 186 valence electrons. The summed E-state index contributed by atoms with van der Waals surface area (Å²) in [4.78, 5) is 24.9. The zero-order valence-corrected chi connectivity index (χ0v) is 20.0. The Balaban J connectivity index is 1.79. The molecule has 6 nitrogen and oxygen atoms in total. The fourth-order valence-electron chi connectivity index (χ4n) is 3.73. The van der Waals surface area contributed by atoms with Crippen LogP contribution in [0.5, 0.6) is 0 Å². The van der Waals surface area contributed by atoms with Crippen LogP contribution in [0.15, 0.2) is 71.5 Å². The van der Waals surface area contributed by atoms with E-state index in [9.17, 15) is 27.9 Å². The SMILES string of the molecule is O=C(O)c1cc(Cn2nc(-c3ccc(Cl)cc3)n(CCC(F)(F)F)c2=O)cc(-c2ccccc2Cl)c1. The van der Waals surface area contributed by atoms with E-state index >= 15 is 0 Å². The Hall–Kier alpha value is -3.56. The highest BCUT2D eigenvalue weighted by Crippen LogP contribution is 2.30. The second kappa shape index (κ2) is 10.2. The molecule has 1 N–H and O–H groups in total. The van der Waals surface area contributed by atoms with Crippen LogP contribution in [0.4, 0.5) is 13.2 Å². The molecule has 0 unspecified atom stereocenters. The monoisotopic (exact) mass is 535 g/mol. The molecule has 36 heavy (non-hydrogen) atoms. The zero-order chi connectivity index (χ0) is 26.0. The summed E-state index contributed by atoms with van der Waals surface area (Å²) in [6.07, 6.45) is -5.69. The standard InChI is InChI=1S/C25H18Cl2F3N3O3/c26-19-7-5-16(6-8-19)22-31-33(24(36)32(22)10-9-25(28,29)30)14-15-11-17(13-18(12-15)23(34)35)20-3-1-2-4-21(20)27/h1-8,11-13H,9-10,14H2,(H,34,35). The van der Waals surface area contributed by atoms with E-state index in [0.29, 0.717) is 32.3 Å². The van der Waals surface area contributed by atoms with E-state index in [1.165, 1.54) is 12.1 Å². The average molecular weight is 536 g/mol. The van der Waals surface area contributed by atoms with Gasteiger partial charge in [0.15, 0.2) is 5.82 Å². The molecule has 0 aliphatic rings. The van der Waals surface area contributed by atoms with Gasteiger partial charge in [0.25, 0.3) is 0 Å². The lowest BCUT2D eigenvalue weighted by Crippen LogP contribution is -2.27. The number of hydrogen-bond acceptors (Lipinski definition) is 3. The van der Waals surface area contributed by atoms with Crippen molar-refractivity contribution in [3.8, 4) is 22.5 Å². The molecule has 0 aliphatic carbocycles. The lowest BCUT2D eigenvalue weighted by atomic mass is 9.99. The zero-order valence-electron chi connectivity index (χ0n) is 18.5. The van der Waals surface area contributed by atoms with Gasteiger partial charge in [-0.1, -0.05) is 41.4 Å². The van der Waals surface area contributed by atoms with Gasteiger partial charge in [-0.05, 0) is 59.7 Å². The molecule has 0 atom stereocenters. The molecule has 1 aromatic heterocycles. The highest BCUT2D eigenvalue weighted by atomic mass is 35.5. The van der Waals surface area contributed by atoms with Crippen molar-refractivity contribution in [2.24, 2.45) is 0 Å². The minimum Gasteiger partial charge on any atom is -0.478 e. The van der Waals surface area contributed by atoms with Crippen LogP contribution in [0.2, 0.25) is 10.0 Å². The quantitative estimate of drug-likeness (QED) is 0.297. The predicted octanol–water partition coefficient (Wildman–Crippen LogP) is 6.38. The van der Waals surface area contributed by atoms with Crippen molar-refractivity contribution in [3.05, 3.63) is 98.4 Å². The first-order valence-corrected chi connectivity index (χ1v) is 11.4. The third-order valence-corrected chi connectivity index (χ3v) is 5.98. The summed E-state index contributed by atoms with van der Waals surface area (Å²) in [5.74, 6) is -1.14. The molecular formula is C25H18Cl2F3N3O3. The van der Waals surface area contributed by atoms with Gasteiger partial charge < -0.3 is 5.11 Å². The van der Waals surface area contributed by atoms with Gasteiger partial charge in [0, 0.05) is 27.7 Å². The van der Waals surface area contributed by atoms with Gasteiger partial charge in [-0.2, -0.15) is 13.2 Å². The molecule has 0 saturated carbocycles. The molecule has 0 spiro atoms. The van der Waals surface area contributed by atoms with E-state index in [-0.39, 0.29) is 17.9 Å². The smallest absolute Gasteiger partial charge is 0.390 e. The van der Waals surface area contributed by atoms with Crippen LogP contribution in [0.25, 0.3) is 22.5 Å². The number of aromatic carboxylic acids is 1. The first-order chi connectivity index (χ1) is 17.0. The molecule has 4 aromatic rings. The fraction of sp³-hybridized carbons (Fsp3) is 0.160. The molecule has 0 bridgehead atoms. The van der Waals surface area contributed by atoms with E-state index in [2.05, 4.69) is 5.10 Å². The Labute approximate surface area is 213 Å². The van der Waals surface area contributed by atoms with E-state index in [4.69, 9.17) is 23.2 Å². The first-order valence-electron chi connectivity index (χ1n) is 10.6. The van der Waals surface area contributed by atoms with Crippen LogP contribution in [0.3, 0.4) is 0 Å². The third kappa shape index (κ3) is 5.80. The topological polar surface area (TPSA) is 77.1 Å². The van der Waals surface area contributed by atoms with Crippen molar-refractivity contribution in [2.75, 3.05) is 0 Å². The first kappa shape index (κ1) is 25.5. The van der Waals surface area contributed by atoms with Gasteiger partial charge >= 0.3 is 17.8 Å². The second-order valence-electron chi connectivity index (χ2n) is 7.99. The van der Waals surface area contributed by atoms with Gasteiger partial charge in [-0.3, -0.25) is 4.57 Å². The summed E-state index contributed by atoms with van der Waals surface area (Å²) in [6.45, 7) is -0.794. The second-order valence-corrected chi connectivity index (χ2v) is 8.83. The summed E-state index contributed by atoms with van der Waals surface area (Å²) >= 11 is 12.2. The molecular weight excluding hydrogens is 518 g/mol. The van der Waals surface area contributed by atoms with Crippen molar-refractivity contribution in [2.45, 2.75) is 25.7 Å². The van der Waals surface area contributed by atoms with E-state index in [0.717, 1.165) is 9.25 Å². The molecule has 3 aromatic carbocycles. The van der Waals surface area contributed by atoms with Gasteiger partial charge in [0.05, 0.1) is 18.5 Å². The summed E-state index contributed by atoms with van der Waals surface area (Å²) in [5, 5.41) is 14.7. The molecule has 0 amide bonds. The minimum atomic E-state index is -4.47. The Morgan fingerprint density at radius 2 is 1.67 bits per heavy atom. The van der Waals surface area contributed by atoms with E-state index in [1.54, 1.807) is 54.6 Å². The number of rotatable bonds is 7. The van der Waals surface area contributed by atoms with Crippen molar-refractivity contribution >= 4 is 29.2 Å². The van der Waals surface area contributed by atoms with Crippen LogP contribution >= 0.6 is 23.2 Å². The Morgan fingerprint density at radius 3 is 2.31 bits per heavy atom. The number of nitrogens with zero attached hydrogens (tertiary/aromatic N) is 3. The van der Waals surface area contributed by atoms with Gasteiger partial charge in [0.2, 0.25) is 0 Å². The highest BCUT2D eigenvalue weighted by Gasteiger charge is 2.28. The van der Waals surface area contributed by atoms with Crippen molar-refractivity contribution in [1.82, 2.24) is 14.3 Å². The predicted molar refractivity (Wildman–Crippen MR) is 131 cm³/mol. The van der Waals surface area contributed by atoms with Crippen molar-refractivity contribution < 1.29 is 23.1 Å². The normalized spacial score (nSPS) is 11.6. The maximum atomic E-state index is 13.1. The van der Waals surface area contributed by atoms with Crippen LogP contribution < -0.4 is 5.69 Å². The number of carbonyl (C=O) groups is 1. The Kier molecular flexibility index (Phi) is 7.23. The molecule has 0 saturated heterocycles. The van der Waals surface area contributed by atoms with Gasteiger partial charge in [-0.15, -0.1) is 5.10 Å². The lowest BCUT2D eigenvalue weighted by Gasteiger charge is -2.09. The van der Waals surface area contributed by atoms with Crippen LogP contribution in [0, 0.1) is 0 Å². The van der Waals surface area contributed by atoms with Crippen molar-refractivity contribution in [1.29, 1.82) is 0 Å². The molecule has 0 fully saturated rings. The highest BCUT2D eigenvalue weighted by molar-refractivity contribution is 6.33. The van der Waals surface area contributed by atoms with E-state index in [1.807, 2.05) is 0 Å². The maximum Gasteiger partial charge on any atom is 0.390 e. The molecule has 11 heteroatoms. The van der Waals surface area contributed by atoms with Gasteiger partial charge in [-0.25, -0.2) is 14.3 Å². The summed E-state index contributed by atoms with van der Waals surface area (Å²) < 4.78 is 40.8. The number of halogens is 5. The fourth-order valence-corrected chi connectivity index (χ4v) is 4.10. The van der Waals surface area contributed by atoms with Crippen molar-refractivity contribution in [3.63, 3.8) is 0 Å². The summed E-state index contributed by atoms with van der Waals surface area (Å²) in [7, 11) is 0. The largest absolute Gasteiger partial charge is 0.478 e. The summed E-state index contributed by atoms with van der Waals surface area (Å²) in [6, 6.07) is 17.6. The maximum absolute atomic E-state index is 13.1. The molecule has 1 heterocycles. The van der Waals surface area contributed by atoms with Crippen LogP contribution in [-0.2, 0) is 13.1 Å². The molecule has 0 radical (unpaired) electrons. The molecule has 0 aliphatic heterocycles. The number of aromatic nitrogens is 3. The Morgan fingerprint density at radius 1 is 0.972 bits per heavy atom. The number of hydrogen-bond donors (Lipinski definition) is 1. The molecule has 4 rings (SSSR count). The number of carboxylic acids is 1. The average Bonchev–Trinajstić information content (AvgIpc) is 3.12. The third-order valence-electron chi connectivity index (χ3n) is 5.40. The van der Waals surface area contributed by atoms with Crippen LogP contribution in [-0.4, -0.2) is 31.6 Å². The minimum absolute atomic E-state index is 0.0371. The van der Waals surface area contributed by atoms with Gasteiger partial charge in [0.1, 0.15) is 0 Å². The number of alkyl halides is 3. The van der Waals surface area contributed by atoms with E-state index < -0.39 is 30.8 Å². The lowest BCUT2D eigenvalue weighted by molar-refractivity contribution is -0.136. The van der Waals surface area contributed by atoms with Crippen LogP contribution in [0.1, 0.15) is 22.3 Å². The Bertz CT molecular complexity index is 1480. The summed E-state index contributed by atoms with van der Waals surface area (Å²) in [5.41, 5.74) is 1.13. The number of carboxylic acid groups (broad SMARTS) is 1.